The Morgan fingerprint density at radius 1 is 1.33 bits per heavy atom. The summed E-state index contributed by atoms with van der Waals surface area (Å²) in [6.07, 6.45) is -5.21. The summed E-state index contributed by atoms with van der Waals surface area (Å²) in [7, 11) is 1.42. The van der Waals surface area contributed by atoms with Gasteiger partial charge in [0.2, 0.25) is 6.23 Å². The zero-order valence-electron chi connectivity index (χ0n) is 16.2. The minimum Gasteiger partial charge on any atom is -0.435 e. The zero-order chi connectivity index (χ0) is 22.6. The molecule has 0 bridgehead atoms. The van der Waals surface area contributed by atoms with Crippen LogP contribution in [0.15, 0.2) is 22.0 Å². The SMILES string of the molecule is CCOC(=O)OC(C)n1nnn(C)/c1=N/C(=O)c1ccc(C(F)(F)F)c(SC)c1Cl. The number of halogens is 4. The first-order valence-electron chi connectivity index (χ1n) is 8.35. The fraction of sp³-hybridized carbons (Fsp3) is 0.438. The number of rotatable bonds is 5. The van der Waals surface area contributed by atoms with Crippen molar-refractivity contribution < 1.29 is 32.2 Å². The highest BCUT2D eigenvalue weighted by Gasteiger charge is 2.35. The lowest BCUT2D eigenvalue weighted by atomic mass is 10.1. The topological polar surface area (TPSA) is 101 Å². The van der Waals surface area contributed by atoms with E-state index in [2.05, 4.69) is 20.2 Å². The van der Waals surface area contributed by atoms with Gasteiger partial charge in [0.1, 0.15) is 0 Å². The smallest absolute Gasteiger partial charge is 0.435 e. The molecule has 1 aromatic heterocycles. The van der Waals surface area contributed by atoms with Crippen LogP contribution in [0.3, 0.4) is 0 Å². The van der Waals surface area contributed by atoms with Crippen molar-refractivity contribution in [1.82, 2.24) is 19.8 Å². The number of nitrogens with zero attached hydrogens (tertiary/aromatic N) is 5. The van der Waals surface area contributed by atoms with E-state index in [1.54, 1.807) is 6.92 Å². The largest absolute Gasteiger partial charge is 0.510 e. The van der Waals surface area contributed by atoms with Crippen LogP contribution in [0.5, 0.6) is 0 Å². The third-order valence-electron chi connectivity index (χ3n) is 3.68. The number of hydrogen-bond donors (Lipinski definition) is 0. The number of alkyl halides is 3. The van der Waals surface area contributed by atoms with E-state index >= 15 is 0 Å². The van der Waals surface area contributed by atoms with Gasteiger partial charge in [0.15, 0.2) is 0 Å². The van der Waals surface area contributed by atoms with Crippen molar-refractivity contribution >= 4 is 35.4 Å². The number of tetrazole rings is 1. The van der Waals surface area contributed by atoms with Crippen LogP contribution in [0.25, 0.3) is 0 Å². The summed E-state index contributed by atoms with van der Waals surface area (Å²) < 4.78 is 51.3. The number of hydrogen-bond acceptors (Lipinski definition) is 7. The molecule has 1 amide bonds. The second-order valence-electron chi connectivity index (χ2n) is 5.67. The number of carbonyl (C=O) groups excluding carboxylic acids is 2. The molecular weight excluding hydrogens is 451 g/mol. The summed E-state index contributed by atoms with van der Waals surface area (Å²) in [5.41, 5.74) is -1.32. The molecule has 1 unspecified atom stereocenters. The molecule has 14 heteroatoms. The van der Waals surface area contributed by atoms with Gasteiger partial charge in [-0.1, -0.05) is 11.6 Å². The van der Waals surface area contributed by atoms with Gasteiger partial charge in [-0.25, -0.2) is 9.48 Å². The molecule has 1 aromatic carbocycles. The second kappa shape index (κ2) is 9.51. The number of ether oxygens (including phenoxy) is 2. The van der Waals surface area contributed by atoms with Gasteiger partial charge < -0.3 is 9.47 Å². The monoisotopic (exact) mass is 467 g/mol. The van der Waals surface area contributed by atoms with Crippen LogP contribution in [-0.4, -0.2) is 44.7 Å². The van der Waals surface area contributed by atoms with Crippen LogP contribution < -0.4 is 5.62 Å². The summed E-state index contributed by atoms with van der Waals surface area (Å²) in [5.74, 6) is -0.925. The highest BCUT2D eigenvalue weighted by molar-refractivity contribution is 7.98. The predicted octanol–water partition coefficient (Wildman–Crippen LogP) is 3.44. The quantitative estimate of drug-likeness (QED) is 0.490. The first kappa shape index (κ1) is 23.7. The highest BCUT2D eigenvalue weighted by Crippen LogP contribution is 2.41. The molecule has 0 aliphatic rings. The van der Waals surface area contributed by atoms with Crippen molar-refractivity contribution in [2.75, 3.05) is 12.9 Å². The van der Waals surface area contributed by atoms with Crippen molar-refractivity contribution in [3.63, 3.8) is 0 Å². The van der Waals surface area contributed by atoms with E-state index in [0.717, 1.165) is 33.3 Å². The van der Waals surface area contributed by atoms with E-state index in [1.165, 1.54) is 20.2 Å². The van der Waals surface area contributed by atoms with Gasteiger partial charge in [-0.2, -0.15) is 22.8 Å². The molecule has 1 heterocycles. The molecule has 0 saturated heterocycles. The molecule has 30 heavy (non-hydrogen) atoms. The third-order valence-corrected chi connectivity index (χ3v) is 5.01. The number of benzene rings is 1. The Morgan fingerprint density at radius 2 is 2.00 bits per heavy atom. The molecule has 9 nitrogen and oxygen atoms in total. The fourth-order valence-corrected chi connectivity index (χ4v) is 3.50. The number of amides is 1. The van der Waals surface area contributed by atoms with Crippen LogP contribution in [-0.2, 0) is 22.7 Å². The van der Waals surface area contributed by atoms with E-state index in [0.29, 0.717) is 0 Å². The molecule has 0 N–H and O–H groups in total. The molecule has 0 radical (unpaired) electrons. The Hall–Kier alpha value is -2.54. The van der Waals surface area contributed by atoms with Gasteiger partial charge in [0, 0.05) is 11.9 Å². The van der Waals surface area contributed by atoms with Gasteiger partial charge >= 0.3 is 12.3 Å². The average molecular weight is 468 g/mol. The molecule has 0 fully saturated rings. The van der Waals surface area contributed by atoms with Gasteiger partial charge in [-0.3, -0.25) is 4.79 Å². The summed E-state index contributed by atoms with van der Waals surface area (Å²) in [5, 5.41) is 7.08. The lowest BCUT2D eigenvalue weighted by Gasteiger charge is -2.14. The van der Waals surface area contributed by atoms with E-state index in [4.69, 9.17) is 16.3 Å². The van der Waals surface area contributed by atoms with Gasteiger partial charge in [-0.05, 0) is 42.7 Å². The molecule has 164 valence electrons. The van der Waals surface area contributed by atoms with E-state index in [1.807, 2.05) is 0 Å². The van der Waals surface area contributed by atoms with Gasteiger partial charge in [0.05, 0.1) is 22.8 Å². The van der Waals surface area contributed by atoms with Crippen molar-refractivity contribution in [1.29, 1.82) is 0 Å². The maximum Gasteiger partial charge on any atom is 0.510 e. The summed E-state index contributed by atoms with van der Waals surface area (Å²) >= 11 is 6.83. The number of thioether (sulfide) groups is 1. The van der Waals surface area contributed by atoms with Crippen molar-refractivity contribution in [3.8, 4) is 0 Å². The molecule has 2 rings (SSSR count). The maximum absolute atomic E-state index is 13.2. The molecular formula is C16H17ClF3N5O4S. The first-order chi connectivity index (χ1) is 14.0. The average Bonchev–Trinajstić information content (AvgIpc) is 3.01. The predicted molar refractivity (Wildman–Crippen MR) is 99.9 cm³/mol. The first-order valence-corrected chi connectivity index (χ1v) is 9.96. The van der Waals surface area contributed by atoms with Crippen LogP contribution in [0, 0.1) is 0 Å². The van der Waals surface area contributed by atoms with Crippen molar-refractivity contribution in [2.45, 2.75) is 31.1 Å². The summed E-state index contributed by atoms with van der Waals surface area (Å²) in [6.45, 7) is 3.13. The summed E-state index contributed by atoms with van der Waals surface area (Å²) in [4.78, 5) is 27.7. The standard InChI is InChI=1S/C16H17ClF3N5O4S/c1-5-28-15(27)29-8(2)25-14(24(3)22-23-25)21-13(26)9-6-7-10(16(18,19)20)12(30-4)11(9)17/h6-8H,5H2,1-4H3/b21-14-. The lowest BCUT2D eigenvalue weighted by Crippen LogP contribution is -2.31. The van der Waals surface area contributed by atoms with Crippen LogP contribution in [0.4, 0.5) is 18.0 Å². The van der Waals surface area contributed by atoms with Gasteiger partial charge in [-0.15, -0.1) is 11.8 Å². The minimum atomic E-state index is -4.63. The maximum atomic E-state index is 13.2. The molecule has 0 spiro atoms. The minimum absolute atomic E-state index is 0.0938. The fourth-order valence-electron chi connectivity index (χ4n) is 2.33. The third kappa shape index (κ3) is 5.14. The number of aryl methyl sites for hydroxylation is 1. The van der Waals surface area contributed by atoms with Crippen molar-refractivity contribution in [3.05, 3.63) is 33.9 Å². The van der Waals surface area contributed by atoms with E-state index in [9.17, 15) is 22.8 Å². The van der Waals surface area contributed by atoms with Crippen molar-refractivity contribution in [2.24, 2.45) is 12.0 Å². The van der Waals surface area contributed by atoms with E-state index < -0.39 is 30.0 Å². The Bertz CT molecular complexity index is 1020. The van der Waals surface area contributed by atoms with Crippen LogP contribution in [0.2, 0.25) is 5.02 Å². The molecule has 0 saturated carbocycles. The molecule has 2 aromatic rings. The Morgan fingerprint density at radius 3 is 2.57 bits per heavy atom. The number of carbonyl (C=O) groups is 2. The second-order valence-corrected chi connectivity index (χ2v) is 6.86. The highest BCUT2D eigenvalue weighted by atomic mass is 35.5. The Kier molecular flexibility index (Phi) is 7.53. The molecule has 1 atom stereocenters. The Labute approximate surface area is 177 Å². The Balaban J connectivity index is 2.47. The normalized spacial score (nSPS) is 13.3. The van der Waals surface area contributed by atoms with Crippen LogP contribution in [0.1, 0.15) is 36.0 Å². The van der Waals surface area contributed by atoms with E-state index in [-0.39, 0.29) is 27.7 Å². The number of aromatic nitrogens is 4. The zero-order valence-corrected chi connectivity index (χ0v) is 17.8. The molecule has 0 aliphatic carbocycles. The molecule has 0 aliphatic heterocycles. The summed E-state index contributed by atoms with van der Waals surface area (Å²) in [6, 6.07) is 1.71. The van der Waals surface area contributed by atoms with Gasteiger partial charge in [0.25, 0.3) is 11.5 Å². The lowest BCUT2D eigenvalue weighted by molar-refractivity contribution is -0.139. The van der Waals surface area contributed by atoms with Crippen LogP contribution >= 0.6 is 23.4 Å².